The summed E-state index contributed by atoms with van der Waals surface area (Å²) in [7, 11) is 4.88. The first kappa shape index (κ1) is 30.5. The molecule has 0 aromatic heterocycles. The first-order chi connectivity index (χ1) is 21.7. The maximum absolute atomic E-state index is 13.4. The number of unbranched alkanes of at least 4 members (excludes halogenated alkanes) is 2. The van der Waals surface area contributed by atoms with Crippen molar-refractivity contribution in [2.45, 2.75) is 50.4 Å². The van der Waals surface area contributed by atoms with E-state index < -0.39 is 6.23 Å². The molecule has 1 N–H and O–H groups in total. The van der Waals surface area contributed by atoms with Crippen LogP contribution in [0, 0.1) is 0 Å². The molecule has 0 radical (unpaired) electrons. The Morgan fingerprint density at radius 2 is 1.42 bits per heavy atom. The summed E-state index contributed by atoms with van der Waals surface area (Å²) in [6, 6.07) is 6.52. The standard InChI is InChI=1S/C34H40N4O7/c1-20-11-22-17-35-25-15-30(28(42-4)13-23(25)32(39)37(22)18-20)44-9-7-6-8-10-45-31-16-26-24(14-29(31)43-5)33(40)38-19-21(2)12-27(38)34(41)36(26)3/h13-17,22,27,34,41H,1-2,6-12,18-19H2,3-5H3. The number of hydrogen-bond acceptors (Lipinski definition) is 9. The number of amides is 2. The summed E-state index contributed by atoms with van der Waals surface area (Å²) in [5.41, 5.74) is 4.08. The largest absolute Gasteiger partial charge is 0.493 e. The summed E-state index contributed by atoms with van der Waals surface area (Å²) < 4.78 is 23.3. The molecule has 3 unspecified atom stereocenters. The lowest BCUT2D eigenvalue weighted by Crippen LogP contribution is -2.47. The van der Waals surface area contributed by atoms with Crippen LogP contribution in [0.2, 0.25) is 0 Å². The summed E-state index contributed by atoms with van der Waals surface area (Å²) in [5, 5.41) is 11.0. The molecule has 45 heavy (non-hydrogen) atoms. The third-order valence-electron chi connectivity index (χ3n) is 8.94. The van der Waals surface area contributed by atoms with Crippen molar-refractivity contribution in [2.24, 2.45) is 4.99 Å². The van der Waals surface area contributed by atoms with Gasteiger partial charge in [-0.1, -0.05) is 24.3 Å². The number of carbonyl (C=O) groups excluding carboxylic acids is 2. The first-order valence-corrected chi connectivity index (χ1v) is 15.3. The fourth-order valence-electron chi connectivity index (χ4n) is 6.51. The number of nitrogens with zero attached hydrogens (tertiary/aromatic N) is 4. The fraction of sp³-hybridized carbons (Fsp3) is 0.441. The van der Waals surface area contributed by atoms with E-state index in [1.807, 2.05) is 6.21 Å². The number of benzene rings is 2. The number of aliphatic imine (C=N–C) groups is 1. The zero-order chi connectivity index (χ0) is 31.8. The van der Waals surface area contributed by atoms with Crippen LogP contribution in [0.4, 0.5) is 11.4 Å². The normalized spacial score (nSPS) is 22.0. The molecular formula is C34H40N4O7. The molecule has 0 spiro atoms. The molecule has 0 bridgehead atoms. The van der Waals surface area contributed by atoms with Crippen molar-refractivity contribution < 1.29 is 33.6 Å². The van der Waals surface area contributed by atoms with Crippen molar-refractivity contribution in [2.75, 3.05) is 52.5 Å². The Balaban J connectivity index is 1.04. The maximum Gasteiger partial charge on any atom is 0.257 e. The number of carbonyl (C=O) groups is 2. The van der Waals surface area contributed by atoms with Crippen LogP contribution in [0.15, 0.2) is 53.6 Å². The molecule has 2 amide bonds. The smallest absolute Gasteiger partial charge is 0.257 e. The van der Waals surface area contributed by atoms with Crippen LogP contribution in [0.1, 0.15) is 52.8 Å². The van der Waals surface area contributed by atoms with Crippen molar-refractivity contribution in [1.82, 2.24) is 9.80 Å². The molecule has 3 atom stereocenters. The zero-order valence-electron chi connectivity index (χ0n) is 26.1. The van der Waals surface area contributed by atoms with Crippen LogP contribution in [0.5, 0.6) is 23.0 Å². The lowest BCUT2D eigenvalue weighted by molar-refractivity contribution is 0.0527. The number of ether oxygens (including phenoxy) is 4. The molecular weight excluding hydrogens is 576 g/mol. The molecule has 0 aliphatic carbocycles. The Hall–Kier alpha value is -4.51. The Bertz CT molecular complexity index is 1570. The van der Waals surface area contributed by atoms with Crippen molar-refractivity contribution in [3.63, 3.8) is 0 Å². The van der Waals surface area contributed by atoms with Gasteiger partial charge in [0.1, 0.15) is 6.23 Å². The van der Waals surface area contributed by atoms with Crippen LogP contribution in [-0.4, -0.2) is 98.8 Å². The van der Waals surface area contributed by atoms with E-state index in [2.05, 4.69) is 18.2 Å². The van der Waals surface area contributed by atoms with Gasteiger partial charge in [-0.2, -0.15) is 0 Å². The summed E-state index contributed by atoms with van der Waals surface area (Å²) in [6.45, 7) is 9.91. The third kappa shape index (κ3) is 5.72. The molecule has 2 saturated heterocycles. The van der Waals surface area contributed by atoms with E-state index in [4.69, 9.17) is 18.9 Å². The number of hydrogen-bond donors (Lipinski definition) is 1. The number of aliphatic hydroxyl groups excluding tert-OH is 1. The van der Waals surface area contributed by atoms with E-state index in [9.17, 15) is 14.7 Å². The second-order valence-corrected chi connectivity index (χ2v) is 12.0. The predicted molar refractivity (Wildman–Crippen MR) is 171 cm³/mol. The molecule has 2 aromatic carbocycles. The van der Waals surface area contributed by atoms with E-state index in [0.717, 1.165) is 36.8 Å². The fourth-order valence-corrected chi connectivity index (χ4v) is 6.51. The number of anilines is 1. The minimum Gasteiger partial charge on any atom is -0.493 e. The van der Waals surface area contributed by atoms with Crippen LogP contribution in [-0.2, 0) is 0 Å². The summed E-state index contributed by atoms with van der Waals surface area (Å²) in [6.07, 6.45) is 4.63. The van der Waals surface area contributed by atoms with Crippen LogP contribution < -0.4 is 23.8 Å². The molecule has 2 aromatic rings. The molecule has 11 nitrogen and oxygen atoms in total. The molecule has 11 heteroatoms. The van der Waals surface area contributed by atoms with Gasteiger partial charge in [0.15, 0.2) is 23.0 Å². The summed E-state index contributed by atoms with van der Waals surface area (Å²) >= 11 is 0. The Labute approximate surface area is 263 Å². The molecule has 2 fully saturated rings. The minimum absolute atomic E-state index is 0.0747. The van der Waals surface area contributed by atoms with Gasteiger partial charge in [0.25, 0.3) is 11.8 Å². The average molecular weight is 617 g/mol. The average Bonchev–Trinajstić information content (AvgIpc) is 3.58. The van der Waals surface area contributed by atoms with E-state index in [0.29, 0.717) is 78.2 Å². The molecule has 4 aliphatic rings. The van der Waals surface area contributed by atoms with Crippen LogP contribution in [0.3, 0.4) is 0 Å². The van der Waals surface area contributed by atoms with Gasteiger partial charge in [-0.3, -0.25) is 14.6 Å². The highest BCUT2D eigenvalue weighted by Crippen LogP contribution is 2.41. The van der Waals surface area contributed by atoms with Gasteiger partial charge < -0.3 is 38.8 Å². The Morgan fingerprint density at radius 3 is 2.11 bits per heavy atom. The van der Waals surface area contributed by atoms with Gasteiger partial charge in [0.05, 0.1) is 62.0 Å². The van der Waals surface area contributed by atoms with Gasteiger partial charge in [0, 0.05) is 38.5 Å². The topological polar surface area (TPSA) is 113 Å². The van der Waals surface area contributed by atoms with E-state index in [1.165, 1.54) is 0 Å². The van der Waals surface area contributed by atoms with E-state index >= 15 is 0 Å². The SMILES string of the molecule is C=C1CC2C=Nc3cc(OCCCCCOc4cc5c(cc4OC)C(=O)N4CC(=C)CC4C(O)N5C)c(OC)cc3C(=O)N2C1. The van der Waals surface area contributed by atoms with E-state index in [-0.39, 0.29) is 23.9 Å². The molecule has 4 aliphatic heterocycles. The Kier molecular flexibility index (Phi) is 8.46. The molecule has 238 valence electrons. The van der Waals surface area contributed by atoms with Crippen molar-refractivity contribution in [1.29, 1.82) is 0 Å². The number of aliphatic hydroxyl groups is 1. The monoisotopic (exact) mass is 616 g/mol. The van der Waals surface area contributed by atoms with Gasteiger partial charge in [0.2, 0.25) is 0 Å². The second kappa shape index (κ2) is 12.5. The molecule has 6 rings (SSSR count). The Morgan fingerprint density at radius 1 is 0.822 bits per heavy atom. The molecule has 0 saturated carbocycles. The van der Waals surface area contributed by atoms with Gasteiger partial charge in [-0.15, -0.1) is 0 Å². The highest BCUT2D eigenvalue weighted by atomic mass is 16.5. The third-order valence-corrected chi connectivity index (χ3v) is 8.94. The number of likely N-dealkylation sites (N-methyl/N-ethyl adjacent to an activating group) is 1. The van der Waals surface area contributed by atoms with E-state index in [1.54, 1.807) is 60.2 Å². The maximum atomic E-state index is 13.4. The highest BCUT2D eigenvalue weighted by molar-refractivity contribution is 6.04. The lowest BCUT2D eigenvalue weighted by atomic mass is 10.1. The van der Waals surface area contributed by atoms with Crippen LogP contribution >= 0.6 is 0 Å². The van der Waals surface area contributed by atoms with Gasteiger partial charge in [-0.05, 0) is 44.2 Å². The van der Waals surface area contributed by atoms with Crippen molar-refractivity contribution in [3.05, 3.63) is 59.7 Å². The second-order valence-electron chi connectivity index (χ2n) is 12.0. The first-order valence-electron chi connectivity index (χ1n) is 15.3. The number of rotatable bonds is 10. The summed E-state index contributed by atoms with van der Waals surface area (Å²) in [5.74, 6) is 1.78. The van der Waals surface area contributed by atoms with Crippen LogP contribution in [0.25, 0.3) is 0 Å². The van der Waals surface area contributed by atoms with Crippen molar-refractivity contribution >= 4 is 29.4 Å². The van der Waals surface area contributed by atoms with Gasteiger partial charge >= 0.3 is 0 Å². The number of methoxy groups -OCH3 is 2. The highest BCUT2D eigenvalue weighted by Gasteiger charge is 2.42. The summed E-state index contributed by atoms with van der Waals surface area (Å²) in [4.78, 5) is 36.4. The minimum atomic E-state index is -0.862. The zero-order valence-corrected chi connectivity index (χ0v) is 26.1. The lowest BCUT2D eigenvalue weighted by Gasteiger charge is -2.30. The predicted octanol–water partition coefficient (Wildman–Crippen LogP) is 4.36. The molecule has 4 heterocycles. The van der Waals surface area contributed by atoms with Crippen molar-refractivity contribution in [3.8, 4) is 23.0 Å². The van der Waals surface area contributed by atoms with Gasteiger partial charge in [-0.25, -0.2) is 0 Å². The number of fused-ring (bicyclic) bond motifs is 4. The quantitative estimate of drug-likeness (QED) is 0.310.